The molecule has 2 unspecified atom stereocenters. The lowest BCUT2D eigenvalue weighted by Gasteiger charge is -2.14. The van der Waals surface area contributed by atoms with E-state index in [1.807, 2.05) is 12.1 Å². The van der Waals surface area contributed by atoms with Gasteiger partial charge in [-0.1, -0.05) is 23.7 Å². The van der Waals surface area contributed by atoms with Gasteiger partial charge in [0.15, 0.2) is 0 Å². The normalized spacial score (nSPS) is 24.9. The molecule has 1 aromatic rings. The van der Waals surface area contributed by atoms with Gasteiger partial charge in [-0.2, -0.15) is 0 Å². The maximum atomic E-state index is 5.83. The lowest BCUT2D eigenvalue weighted by Crippen LogP contribution is -2.26. The molecule has 0 saturated carbocycles. The van der Waals surface area contributed by atoms with Gasteiger partial charge in [-0.15, -0.1) is 0 Å². The number of nitrogens with one attached hydrogen (secondary N) is 1. The molecule has 0 radical (unpaired) electrons. The van der Waals surface area contributed by atoms with E-state index in [0.717, 1.165) is 24.7 Å². The lowest BCUT2D eigenvalue weighted by atomic mass is 10.0. The molecule has 0 bridgehead atoms. The third kappa shape index (κ3) is 3.21. The Morgan fingerprint density at radius 1 is 1.38 bits per heavy atom. The Hall–Kier alpha value is -0.570. The first kappa shape index (κ1) is 11.9. The third-order valence-electron chi connectivity index (χ3n) is 3.18. The van der Waals surface area contributed by atoms with Crippen LogP contribution in [-0.4, -0.2) is 19.3 Å². The summed E-state index contributed by atoms with van der Waals surface area (Å²) in [4.78, 5) is 0. The van der Waals surface area contributed by atoms with Gasteiger partial charge in [0.05, 0.1) is 6.10 Å². The minimum absolute atomic E-state index is 0.401. The minimum atomic E-state index is 0.401. The topological polar surface area (TPSA) is 21.3 Å². The molecule has 1 heterocycles. The summed E-state index contributed by atoms with van der Waals surface area (Å²) in [5.74, 6) is 0.660. The number of benzene rings is 1. The fourth-order valence-electron chi connectivity index (χ4n) is 2.05. The molecule has 16 heavy (non-hydrogen) atoms. The van der Waals surface area contributed by atoms with Crippen LogP contribution in [0.15, 0.2) is 24.3 Å². The van der Waals surface area contributed by atoms with Crippen LogP contribution < -0.4 is 5.32 Å². The number of halogens is 1. The molecule has 1 saturated heterocycles. The van der Waals surface area contributed by atoms with Gasteiger partial charge in [0.1, 0.15) is 0 Å². The highest BCUT2D eigenvalue weighted by Crippen LogP contribution is 2.19. The molecule has 1 N–H and O–H groups in total. The summed E-state index contributed by atoms with van der Waals surface area (Å²) in [5.41, 5.74) is 1.27. The number of hydrogen-bond donors (Lipinski definition) is 1. The molecule has 1 aliphatic heterocycles. The van der Waals surface area contributed by atoms with Gasteiger partial charge in [-0.25, -0.2) is 0 Å². The molecular weight excluding hydrogens is 222 g/mol. The molecule has 0 spiro atoms. The van der Waals surface area contributed by atoms with Crippen molar-refractivity contribution in [2.45, 2.75) is 26.0 Å². The predicted octanol–water partition coefficient (Wildman–Crippen LogP) is 2.85. The third-order valence-corrected chi connectivity index (χ3v) is 3.43. The molecule has 0 amide bonds. The fourth-order valence-corrected chi connectivity index (χ4v) is 2.17. The van der Waals surface area contributed by atoms with E-state index in [9.17, 15) is 0 Å². The van der Waals surface area contributed by atoms with Crippen LogP contribution in [0.5, 0.6) is 0 Å². The van der Waals surface area contributed by atoms with Crippen molar-refractivity contribution in [1.82, 2.24) is 5.32 Å². The van der Waals surface area contributed by atoms with E-state index in [1.54, 1.807) is 0 Å². The van der Waals surface area contributed by atoms with Gasteiger partial charge in [-0.3, -0.25) is 0 Å². The molecule has 0 aliphatic carbocycles. The zero-order valence-corrected chi connectivity index (χ0v) is 10.3. The molecule has 3 heteroatoms. The van der Waals surface area contributed by atoms with Crippen LogP contribution in [0.4, 0.5) is 0 Å². The summed E-state index contributed by atoms with van der Waals surface area (Å²) in [5, 5.41) is 4.26. The van der Waals surface area contributed by atoms with Crippen LogP contribution in [-0.2, 0) is 11.3 Å². The number of hydrogen-bond acceptors (Lipinski definition) is 2. The van der Waals surface area contributed by atoms with Crippen molar-refractivity contribution in [3.05, 3.63) is 34.9 Å². The van der Waals surface area contributed by atoms with Crippen molar-refractivity contribution in [1.29, 1.82) is 0 Å². The average Bonchev–Trinajstić information content (AvgIpc) is 2.68. The van der Waals surface area contributed by atoms with E-state index in [4.69, 9.17) is 16.3 Å². The molecule has 1 aliphatic rings. The van der Waals surface area contributed by atoms with Gasteiger partial charge in [0, 0.05) is 24.7 Å². The van der Waals surface area contributed by atoms with Gasteiger partial charge >= 0.3 is 0 Å². The smallest absolute Gasteiger partial charge is 0.0588 e. The summed E-state index contributed by atoms with van der Waals surface area (Å²) >= 11 is 5.83. The maximum absolute atomic E-state index is 5.83. The van der Waals surface area contributed by atoms with Crippen LogP contribution in [0.2, 0.25) is 5.02 Å². The number of rotatable bonds is 4. The second kappa shape index (κ2) is 5.67. The summed E-state index contributed by atoms with van der Waals surface area (Å²) in [7, 11) is 0. The monoisotopic (exact) mass is 239 g/mol. The Balaban J connectivity index is 1.73. The second-order valence-corrected chi connectivity index (χ2v) is 4.82. The molecule has 1 fully saturated rings. The SMILES string of the molecule is CC1OCCC1CNCc1ccc(Cl)cc1. The quantitative estimate of drug-likeness (QED) is 0.873. The lowest BCUT2D eigenvalue weighted by molar-refractivity contribution is 0.105. The van der Waals surface area contributed by atoms with Gasteiger partial charge < -0.3 is 10.1 Å². The van der Waals surface area contributed by atoms with Crippen molar-refractivity contribution >= 4 is 11.6 Å². The van der Waals surface area contributed by atoms with Gasteiger partial charge in [0.25, 0.3) is 0 Å². The molecule has 2 nitrogen and oxygen atoms in total. The Morgan fingerprint density at radius 3 is 2.75 bits per heavy atom. The first-order chi connectivity index (χ1) is 7.75. The zero-order valence-electron chi connectivity index (χ0n) is 9.58. The maximum Gasteiger partial charge on any atom is 0.0588 e. The van der Waals surface area contributed by atoms with Crippen LogP contribution in [0.3, 0.4) is 0 Å². The minimum Gasteiger partial charge on any atom is -0.378 e. The fraction of sp³-hybridized carbons (Fsp3) is 0.538. The van der Waals surface area contributed by atoms with Gasteiger partial charge in [-0.05, 0) is 37.0 Å². The van der Waals surface area contributed by atoms with E-state index in [1.165, 1.54) is 12.0 Å². The summed E-state index contributed by atoms with van der Waals surface area (Å²) in [6.45, 7) is 5.00. The highest BCUT2D eigenvalue weighted by atomic mass is 35.5. The summed E-state index contributed by atoms with van der Waals surface area (Å²) < 4.78 is 5.53. The highest BCUT2D eigenvalue weighted by molar-refractivity contribution is 6.30. The highest BCUT2D eigenvalue weighted by Gasteiger charge is 2.23. The van der Waals surface area contributed by atoms with Crippen molar-refractivity contribution in [3.8, 4) is 0 Å². The molecule has 1 aromatic carbocycles. The first-order valence-corrected chi connectivity index (χ1v) is 6.20. The van der Waals surface area contributed by atoms with E-state index in [-0.39, 0.29) is 0 Å². The summed E-state index contributed by atoms with van der Waals surface area (Å²) in [6.07, 6.45) is 1.58. The standard InChI is InChI=1S/C13H18ClNO/c1-10-12(6-7-16-10)9-15-8-11-2-4-13(14)5-3-11/h2-5,10,12,15H,6-9H2,1H3. The van der Waals surface area contributed by atoms with E-state index < -0.39 is 0 Å². The van der Waals surface area contributed by atoms with Gasteiger partial charge in [0.2, 0.25) is 0 Å². The van der Waals surface area contributed by atoms with Crippen molar-refractivity contribution < 1.29 is 4.74 Å². The second-order valence-electron chi connectivity index (χ2n) is 4.38. The molecule has 0 aromatic heterocycles. The Labute approximate surface area is 102 Å². The zero-order chi connectivity index (χ0) is 11.4. The van der Waals surface area contributed by atoms with Crippen molar-refractivity contribution in [3.63, 3.8) is 0 Å². The molecule has 88 valence electrons. The first-order valence-electron chi connectivity index (χ1n) is 5.82. The Kier molecular flexibility index (Phi) is 4.22. The number of ether oxygens (including phenoxy) is 1. The largest absolute Gasteiger partial charge is 0.378 e. The van der Waals surface area contributed by atoms with E-state index in [0.29, 0.717) is 12.0 Å². The Morgan fingerprint density at radius 2 is 2.12 bits per heavy atom. The van der Waals surface area contributed by atoms with Crippen LogP contribution in [0.1, 0.15) is 18.9 Å². The molecular formula is C13H18ClNO. The van der Waals surface area contributed by atoms with Crippen LogP contribution >= 0.6 is 11.6 Å². The van der Waals surface area contributed by atoms with E-state index >= 15 is 0 Å². The van der Waals surface area contributed by atoms with Crippen molar-refractivity contribution in [2.24, 2.45) is 5.92 Å². The predicted molar refractivity (Wildman–Crippen MR) is 66.7 cm³/mol. The Bertz CT molecular complexity index is 325. The summed E-state index contributed by atoms with van der Waals surface area (Å²) in [6, 6.07) is 7.98. The van der Waals surface area contributed by atoms with Crippen molar-refractivity contribution in [2.75, 3.05) is 13.2 Å². The average molecular weight is 240 g/mol. The molecule has 2 rings (SSSR count). The molecule has 2 atom stereocenters. The van der Waals surface area contributed by atoms with Crippen LogP contribution in [0.25, 0.3) is 0 Å². The van der Waals surface area contributed by atoms with E-state index in [2.05, 4.69) is 24.4 Å². The van der Waals surface area contributed by atoms with Crippen LogP contribution in [0, 0.1) is 5.92 Å².